The minimum Gasteiger partial charge on any atom is -0.330 e. The highest BCUT2D eigenvalue weighted by Gasteiger charge is 2.29. The van der Waals surface area contributed by atoms with Gasteiger partial charge in [-0.25, -0.2) is 4.98 Å². The molecule has 2 aromatic heterocycles. The van der Waals surface area contributed by atoms with E-state index in [1.807, 2.05) is 11.8 Å². The van der Waals surface area contributed by atoms with Crippen molar-refractivity contribution in [1.29, 1.82) is 0 Å². The Morgan fingerprint density at radius 3 is 3.16 bits per heavy atom. The summed E-state index contributed by atoms with van der Waals surface area (Å²) in [4.78, 5) is 23.6. The summed E-state index contributed by atoms with van der Waals surface area (Å²) >= 11 is 7.54. The SMILES string of the molecule is CC1c2ccsc2CCN1C(=O)c1cncc(Cl)n1. The zero-order valence-electron chi connectivity index (χ0n) is 10.3. The molecule has 0 fully saturated rings. The standard InChI is InChI=1S/C13H12ClN3OS/c1-8-9-3-5-19-11(9)2-4-17(8)13(18)10-6-15-7-12(14)16-10/h3,5-8H,2,4H2,1H3. The van der Waals surface area contributed by atoms with E-state index in [2.05, 4.69) is 21.4 Å². The summed E-state index contributed by atoms with van der Waals surface area (Å²) in [5, 5.41) is 2.32. The number of amides is 1. The molecule has 3 heterocycles. The summed E-state index contributed by atoms with van der Waals surface area (Å²) in [7, 11) is 0. The number of carbonyl (C=O) groups excluding carboxylic acids is 1. The van der Waals surface area contributed by atoms with Crippen molar-refractivity contribution in [2.24, 2.45) is 0 Å². The number of carbonyl (C=O) groups is 1. The number of hydrogen-bond acceptors (Lipinski definition) is 4. The highest BCUT2D eigenvalue weighted by atomic mass is 35.5. The van der Waals surface area contributed by atoms with E-state index < -0.39 is 0 Å². The lowest BCUT2D eigenvalue weighted by atomic mass is 10.0. The second kappa shape index (κ2) is 4.90. The van der Waals surface area contributed by atoms with Crippen molar-refractivity contribution < 1.29 is 4.79 Å². The van der Waals surface area contributed by atoms with Crippen LogP contribution in [0.3, 0.4) is 0 Å². The van der Waals surface area contributed by atoms with Crippen LogP contribution in [0.4, 0.5) is 0 Å². The molecule has 1 atom stereocenters. The van der Waals surface area contributed by atoms with Gasteiger partial charge in [-0.2, -0.15) is 0 Å². The number of hydrogen-bond donors (Lipinski definition) is 0. The molecule has 0 N–H and O–H groups in total. The molecule has 0 aliphatic carbocycles. The maximum atomic E-state index is 12.5. The Kier molecular flexibility index (Phi) is 3.24. The van der Waals surface area contributed by atoms with Crippen LogP contribution in [-0.4, -0.2) is 27.3 Å². The van der Waals surface area contributed by atoms with E-state index >= 15 is 0 Å². The summed E-state index contributed by atoms with van der Waals surface area (Å²) in [6.45, 7) is 2.75. The van der Waals surface area contributed by atoms with Gasteiger partial charge in [0.15, 0.2) is 0 Å². The monoisotopic (exact) mass is 293 g/mol. The van der Waals surface area contributed by atoms with Crippen molar-refractivity contribution in [2.75, 3.05) is 6.54 Å². The number of rotatable bonds is 1. The maximum Gasteiger partial charge on any atom is 0.274 e. The van der Waals surface area contributed by atoms with Gasteiger partial charge in [-0.3, -0.25) is 9.78 Å². The lowest BCUT2D eigenvalue weighted by Crippen LogP contribution is -2.38. The normalized spacial score (nSPS) is 18.2. The van der Waals surface area contributed by atoms with Crippen LogP contribution in [0.15, 0.2) is 23.8 Å². The summed E-state index contributed by atoms with van der Waals surface area (Å²) in [6.07, 6.45) is 3.79. The molecule has 1 unspecified atom stereocenters. The molecule has 0 spiro atoms. The fourth-order valence-electron chi connectivity index (χ4n) is 2.38. The van der Waals surface area contributed by atoms with E-state index in [4.69, 9.17) is 11.6 Å². The molecule has 1 aliphatic heterocycles. The predicted octanol–water partition coefficient (Wildman–Crippen LogP) is 2.95. The molecule has 3 rings (SSSR count). The average molecular weight is 294 g/mol. The third-order valence-corrected chi connectivity index (χ3v) is 4.54. The fraction of sp³-hybridized carbons (Fsp3) is 0.308. The van der Waals surface area contributed by atoms with Crippen molar-refractivity contribution in [2.45, 2.75) is 19.4 Å². The van der Waals surface area contributed by atoms with Gasteiger partial charge in [-0.05, 0) is 30.4 Å². The Morgan fingerprint density at radius 2 is 2.37 bits per heavy atom. The molecular weight excluding hydrogens is 282 g/mol. The Hall–Kier alpha value is -1.46. The van der Waals surface area contributed by atoms with E-state index in [-0.39, 0.29) is 17.1 Å². The van der Waals surface area contributed by atoms with Gasteiger partial charge in [0.2, 0.25) is 0 Å². The van der Waals surface area contributed by atoms with Crippen LogP contribution in [0.1, 0.15) is 33.9 Å². The van der Waals surface area contributed by atoms with Gasteiger partial charge in [0.05, 0.1) is 18.4 Å². The van der Waals surface area contributed by atoms with Crippen LogP contribution in [0.25, 0.3) is 0 Å². The van der Waals surface area contributed by atoms with Crippen LogP contribution in [0, 0.1) is 0 Å². The molecule has 6 heteroatoms. The first-order chi connectivity index (χ1) is 9.16. The molecule has 4 nitrogen and oxygen atoms in total. The quantitative estimate of drug-likeness (QED) is 0.812. The third-order valence-electron chi connectivity index (χ3n) is 3.36. The summed E-state index contributed by atoms with van der Waals surface area (Å²) < 4.78 is 0. The second-order valence-corrected chi connectivity index (χ2v) is 5.84. The zero-order valence-corrected chi connectivity index (χ0v) is 11.9. The fourth-order valence-corrected chi connectivity index (χ4v) is 3.49. The van der Waals surface area contributed by atoms with Crippen LogP contribution in [-0.2, 0) is 6.42 Å². The smallest absolute Gasteiger partial charge is 0.274 e. The lowest BCUT2D eigenvalue weighted by Gasteiger charge is -2.33. The first kappa shape index (κ1) is 12.6. The number of halogens is 1. The third kappa shape index (κ3) is 2.24. The first-order valence-corrected chi connectivity index (χ1v) is 7.27. The highest BCUT2D eigenvalue weighted by Crippen LogP contribution is 2.33. The topological polar surface area (TPSA) is 46.1 Å². The highest BCUT2D eigenvalue weighted by molar-refractivity contribution is 7.10. The number of fused-ring (bicyclic) bond motifs is 1. The average Bonchev–Trinajstić information content (AvgIpc) is 2.88. The largest absolute Gasteiger partial charge is 0.330 e. The number of thiophene rings is 1. The van der Waals surface area contributed by atoms with Gasteiger partial charge in [-0.15, -0.1) is 11.3 Å². The molecule has 0 saturated heterocycles. The molecule has 0 bridgehead atoms. The zero-order chi connectivity index (χ0) is 13.4. The van der Waals surface area contributed by atoms with E-state index in [0.717, 1.165) is 6.42 Å². The molecular formula is C13H12ClN3OS. The van der Waals surface area contributed by atoms with Gasteiger partial charge in [-0.1, -0.05) is 11.6 Å². The Balaban J connectivity index is 1.90. The van der Waals surface area contributed by atoms with E-state index in [9.17, 15) is 4.79 Å². The van der Waals surface area contributed by atoms with Crippen LogP contribution < -0.4 is 0 Å². The molecule has 0 aromatic carbocycles. The van der Waals surface area contributed by atoms with Crippen molar-refractivity contribution in [3.05, 3.63) is 45.1 Å². The summed E-state index contributed by atoms with van der Waals surface area (Å²) in [5.74, 6) is -0.112. The number of nitrogens with zero attached hydrogens (tertiary/aromatic N) is 3. The van der Waals surface area contributed by atoms with E-state index in [0.29, 0.717) is 12.2 Å². The van der Waals surface area contributed by atoms with Gasteiger partial charge < -0.3 is 4.90 Å². The molecule has 2 aromatic rings. The van der Waals surface area contributed by atoms with Gasteiger partial charge >= 0.3 is 0 Å². The molecule has 19 heavy (non-hydrogen) atoms. The summed E-state index contributed by atoms with van der Waals surface area (Å²) in [5.41, 5.74) is 1.54. The maximum absolute atomic E-state index is 12.5. The molecule has 1 amide bonds. The Labute approximate surface area is 120 Å². The van der Waals surface area contributed by atoms with Crippen LogP contribution in [0.2, 0.25) is 5.15 Å². The lowest BCUT2D eigenvalue weighted by molar-refractivity contribution is 0.0673. The van der Waals surface area contributed by atoms with E-state index in [1.165, 1.54) is 22.8 Å². The van der Waals surface area contributed by atoms with Crippen molar-refractivity contribution in [3.63, 3.8) is 0 Å². The minimum atomic E-state index is -0.112. The van der Waals surface area contributed by atoms with Crippen LogP contribution in [0.5, 0.6) is 0 Å². The first-order valence-electron chi connectivity index (χ1n) is 6.01. The summed E-state index contributed by atoms with van der Waals surface area (Å²) in [6, 6.07) is 2.16. The number of aromatic nitrogens is 2. The van der Waals surface area contributed by atoms with Crippen LogP contribution >= 0.6 is 22.9 Å². The molecule has 1 aliphatic rings. The van der Waals surface area contributed by atoms with Gasteiger partial charge in [0.1, 0.15) is 10.8 Å². The van der Waals surface area contributed by atoms with Crippen molar-refractivity contribution in [3.8, 4) is 0 Å². The minimum absolute atomic E-state index is 0.0725. The predicted molar refractivity (Wildman–Crippen MR) is 74.5 cm³/mol. The van der Waals surface area contributed by atoms with Gasteiger partial charge in [0.25, 0.3) is 5.91 Å². The van der Waals surface area contributed by atoms with Crippen molar-refractivity contribution >= 4 is 28.8 Å². The van der Waals surface area contributed by atoms with Gasteiger partial charge in [0, 0.05) is 11.4 Å². The van der Waals surface area contributed by atoms with Crippen molar-refractivity contribution in [1.82, 2.24) is 14.9 Å². The molecule has 0 saturated carbocycles. The second-order valence-electron chi connectivity index (χ2n) is 4.45. The Bertz CT molecular complexity index is 628. The molecule has 0 radical (unpaired) electrons. The Morgan fingerprint density at radius 1 is 1.53 bits per heavy atom. The molecule has 98 valence electrons. The van der Waals surface area contributed by atoms with E-state index in [1.54, 1.807) is 11.3 Å².